The van der Waals surface area contributed by atoms with Gasteiger partial charge in [-0.15, -0.1) is 0 Å². The SMILES string of the molecule is c1ccc(Cn2c(-c3cc(-c4nc5ccccc5n4Cc4ccccc4)cc(-c4nc5ccccc5n4Cc4ccccc4)c3)nc3ccccc32)cc1. The molecule has 0 atom stereocenters. The number of aromatic nitrogens is 6. The first kappa shape index (κ1) is 31.7. The fraction of sp³-hybridized carbons (Fsp3) is 0.0625. The van der Waals surface area contributed by atoms with E-state index < -0.39 is 0 Å². The molecule has 0 bridgehead atoms. The summed E-state index contributed by atoms with van der Waals surface area (Å²) in [6.45, 7) is 2.07. The van der Waals surface area contributed by atoms with Gasteiger partial charge in [-0.1, -0.05) is 127 Å². The Hall–Kier alpha value is -7.05. The summed E-state index contributed by atoms with van der Waals surface area (Å²) < 4.78 is 7.02. The van der Waals surface area contributed by atoms with Gasteiger partial charge in [0.25, 0.3) is 0 Å². The van der Waals surface area contributed by atoms with Gasteiger partial charge in [-0.25, -0.2) is 15.0 Å². The molecule has 0 saturated heterocycles. The van der Waals surface area contributed by atoms with Gasteiger partial charge in [0.05, 0.1) is 33.1 Å². The Bertz CT molecular complexity index is 2570. The Morgan fingerprint density at radius 3 is 0.852 bits per heavy atom. The van der Waals surface area contributed by atoms with Gasteiger partial charge in [0.1, 0.15) is 17.5 Å². The van der Waals surface area contributed by atoms with Crippen LogP contribution in [0, 0.1) is 0 Å². The molecular weight excluding hydrogens is 661 g/mol. The Balaban J connectivity index is 1.24. The van der Waals surface area contributed by atoms with E-state index in [0.717, 1.165) is 67.3 Å². The van der Waals surface area contributed by atoms with Crippen molar-refractivity contribution in [2.75, 3.05) is 0 Å². The fourth-order valence-corrected chi connectivity index (χ4v) is 7.68. The van der Waals surface area contributed by atoms with Crippen molar-refractivity contribution in [2.24, 2.45) is 0 Å². The smallest absolute Gasteiger partial charge is 0.141 e. The molecule has 0 amide bonds. The normalized spacial score (nSPS) is 11.6. The minimum absolute atomic E-state index is 0.690. The summed E-state index contributed by atoms with van der Waals surface area (Å²) in [5, 5.41) is 0. The van der Waals surface area contributed by atoms with Gasteiger partial charge in [-0.3, -0.25) is 0 Å². The summed E-state index contributed by atoms with van der Waals surface area (Å²) in [7, 11) is 0. The van der Waals surface area contributed by atoms with Crippen molar-refractivity contribution in [1.29, 1.82) is 0 Å². The van der Waals surface area contributed by atoms with E-state index in [1.807, 2.05) is 0 Å². The summed E-state index contributed by atoms with van der Waals surface area (Å²) >= 11 is 0. The van der Waals surface area contributed by atoms with Gasteiger partial charge in [-0.05, 0) is 71.3 Å². The van der Waals surface area contributed by atoms with Crippen LogP contribution in [0.5, 0.6) is 0 Å². The Morgan fingerprint density at radius 2 is 0.556 bits per heavy atom. The van der Waals surface area contributed by atoms with Crippen molar-refractivity contribution in [3.05, 3.63) is 199 Å². The van der Waals surface area contributed by atoms with E-state index in [1.54, 1.807) is 0 Å². The third kappa shape index (κ3) is 5.84. The highest BCUT2D eigenvalue weighted by Gasteiger charge is 2.21. The summed E-state index contributed by atoms with van der Waals surface area (Å²) in [6.07, 6.45) is 0. The Labute approximate surface area is 313 Å². The molecule has 0 aliphatic carbocycles. The maximum absolute atomic E-state index is 5.32. The predicted octanol–water partition coefficient (Wildman–Crippen LogP) is 10.9. The highest BCUT2D eigenvalue weighted by molar-refractivity contribution is 5.88. The largest absolute Gasteiger partial charge is 0.319 e. The third-order valence-electron chi connectivity index (χ3n) is 10.2. The number of para-hydroxylation sites is 6. The molecule has 0 spiro atoms. The molecule has 0 aliphatic heterocycles. The lowest BCUT2D eigenvalue weighted by Gasteiger charge is -2.15. The second kappa shape index (κ2) is 13.5. The van der Waals surface area contributed by atoms with Gasteiger partial charge in [0, 0.05) is 36.3 Å². The van der Waals surface area contributed by atoms with E-state index in [1.165, 1.54) is 16.7 Å². The van der Waals surface area contributed by atoms with Crippen LogP contribution in [-0.4, -0.2) is 28.7 Å². The highest BCUT2D eigenvalue weighted by Crippen LogP contribution is 2.37. The lowest BCUT2D eigenvalue weighted by Crippen LogP contribution is -2.05. The molecule has 3 aromatic heterocycles. The first-order valence-electron chi connectivity index (χ1n) is 18.4. The molecule has 6 nitrogen and oxygen atoms in total. The first-order chi connectivity index (χ1) is 26.7. The van der Waals surface area contributed by atoms with Crippen molar-refractivity contribution in [2.45, 2.75) is 19.6 Å². The molecule has 0 N–H and O–H groups in total. The average molecular weight is 697 g/mol. The van der Waals surface area contributed by atoms with Crippen LogP contribution >= 0.6 is 0 Å². The standard InChI is InChI=1S/C48H36N6/c1-4-16-34(17-5-1)31-52-43-25-13-10-22-40(43)49-46(52)37-28-38(47-50-41-23-11-14-26-44(41)53(47)32-35-18-6-2-7-19-35)30-39(29-37)48-51-42-24-12-15-27-45(42)54(48)33-36-20-8-3-9-21-36/h1-30H,31-33H2. The van der Waals surface area contributed by atoms with Gasteiger partial charge in [-0.2, -0.15) is 0 Å². The number of imidazole rings is 3. The van der Waals surface area contributed by atoms with Crippen LogP contribution in [0.2, 0.25) is 0 Å². The minimum atomic E-state index is 0.690. The van der Waals surface area contributed by atoms with E-state index in [0.29, 0.717) is 19.6 Å². The molecule has 0 radical (unpaired) electrons. The number of hydrogen-bond donors (Lipinski definition) is 0. The van der Waals surface area contributed by atoms with E-state index in [4.69, 9.17) is 15.0 Å². The Morgan fingerprint density at radius 1 is 0.296 bits per heavy atom. The van der Waals surface area contributed by atoms with E-state index in [2.05, 4.69) is 196 Å². The van der Waals surface area contributed by atoms with Crippen LogP contribution < -0.4 is 0 Å². The number of rotatable bonds is 9. The van der Waals surface area contributed by atoms with Crippen LogP contribution in [-0.2, 0) is 19.6 Å². The van der Waals surface area contributed by atoms with Gasteiger partial charge in [0.2, 0.25) is 0 Å². The van der Waals surface area contributed by atoms with Crippen LogP contribution in [0.1, 0.15) is 16.7 Å². The van der Waals surface area contributed by atoms with Crippen LogP contribution in [0.25, 0.3) is 67.3 Å². The molecule has 54 heavy (non-hydrogen) atoms. The zero-order chi connectivity index (χ0) is 35.8. The molecule has 0 unspecified atom stereocenters. The van der Waals surface area contributed by atoms with E-state index in [9.17, 15) is 0 Å². The van der Waals surface area contributed by atoms with E-state index in [-0.39, 0.29) is 0 Å². The quantitative estimate of drug-likeness (QED) is 0.151. The second-order valence-corrected chi connectivity index (χ2v) is 13.8. The predicted molar refractivity (Wildman–Crippen MR) is 219 cm³/mol. The summed E-state index contributed by atoms with van der Waals surface area (Å²) in [5.41, 5.74) is 12.8. The monoisotopic (exact) mass is 696 g/mol. The lowest BCUT2D eigenvalue weighted by atomic mass is 10.0. The summed E-state index contributed by atoms with van der Waals surface area (Å²) in [5.74, 6) is 2.71. The topological polar surface area (TPSA) is 53.5 Å². The average Bonchev–Trinajstić information content (AvgIpc) is 3.91. The second-order valence-electron chi connectivity index (χ2n) is 13.8. The highest BCUT2D eigenvalue weighted by atomic mass is 15.1. The zero-order valence-corrected chi connectivity index (χ0v) is 29.6. The first-order valence-corrected chi connectivity index (χ1v) is 18.4. The van der Waals surface area contributed by atoms with Crippen LogP contribution in [0.4, 0.5) is 0 Å². The fourth-order valence-electron chi connectivity index (χ4n) is 7.68. The third-order valence-corrected chi connectivity index (χ3v) is 10.2. The minimum Gasteiger partial charge on any atom is -0.319 e. The molecular formula is C48H36N6. The molecule has 0 saturated carbocycles. The van der Waals surface area contributed by atoms with Gasteiger partial charge in [0.15, 0.2) is 0 Å². The van der Waals surface area contributed by atoms with Crippen molar-refractivity contribution in [3.63, 3.8) is 0 Å². The van der Waals surface area contributed by atoms with Crippen molar-refractivity contribution < 1.29 is 0 Å². The molecule has 3 heterocycles. The molecule has 10 aromatic rings. The Kier molecular flexibility index (Phi) is 7.91. The molecule has 0 fully saturated rings. The van der Waals surface area contributed by atoms with Crippen molar-refractivity contribution >= 4 is 33.1 Å². The molecule has 10 rings (SSSR count). The number of hydrogen-bond acceptors (Lipinski definition) is 3. The summed E-state index contributed by atoms with van der Waals surface area (Å²) in [4.78, 5) is 16.0. The number of fused-ring (bicyclic) bond motifs is 3. The van der Waals surface area contributed by atoms with Crippen LogP contribution in [0.15, 0.2) is 182 Å². The summed E-state index contributed by atoms with van der Waals surface area (Å²) in [6, 6.07) is 63.9. The van der Waals surface area contributed by atoms with Crippen molar-refractivity contribution in [1.82, 2.24) is 28.7 Å². The number of benzene rings is 7. The maximum atomic E-state index is 5.32. The molecule has 258 valence electrons. The lowest BCUT2D eigenvalue weighted by molar-refractivity contribution is 0.829. The maximum Gasteiger partial charge on any atom is 0.141 e. The molecule has 6 heteroatoms. The van der Waals surface area contributed by atoms with E-state index >= 15 is 0 Å². The van der Waals surface area contributed by atoms with Gasteiger partial charge < -0.3 is 13.7 Å². The number of nitrogens with zero attached hydrogens (tertiary/aromatic N) is 6. The zero-order valence-electron chi connectivity index (χ0n) is 29.6. The van der Waals surface area contributed by atoms with Gasteiger partial charge >= 0.3 is 0 Å². The molecule has 7 aromatic carbocycles. The molecule has 0 aliphatic rings. The van der Waals surface area contributed by atoms with Crippen molar-refractivity contribution in [3.8, 4) is 34.2 Å². The van der Waals surface area contributed by atoms with Crippen LogP contribution in [0.3, 0.4) is 0 Å².